The predicted octanol–water partition coefficient (Wildman–Crippen LogP) is 4.28. The molecule has 1 saturated carbocycles. The average Bonchev–Trinajstić information content (AvgIpc) is 3.48. The van der Waals surface area contributed by atoms with Gasteiger partial charge in [0.1, 0.15) is 5.82 Å². The van der Waals surface area contributed by atoms with Crippen molar-refractivity contribution in [3.63, 3.8) is 0 Å². The second-order valence-electron chi connectivity index (χ2n) is 6.72. The number of carbonyl (C=O) groups is 1. The minimum Gasteiger partial charge on any atom is -0.273 e. The molecule has 4 rings (SSSR count). The topological polar surface area (TPSA) is 41.5 Å². The van der Waals surface area contributed by atoms with E-state index in [9.17, 15) is 9.18 Å². The molecule has 0 heterocycles. The summed E-state index contributed by atoms with van der Waals surface area (Å²) < 4.78 is 13.6. The first-order chi connectivity index (χ1) is 13.2. The van der Waals surface area contributed by atoms with Gasteiger partial charge in [0.05, 0.1) is 12.1 Å². The van der Waals surface area contributed by atoms with Crippen LogP contribution in [0.5, 0.6) is 0 Å². The van der Waals surface area contributed by atoms with Gasteiger partial charge in [0.25, 0.3) is 0 Å². The minimum atomic E-state index is -0.371. The van der Waals surface area contributed by atoms with Crippen molar-refractivity contribution in [3.8, 4) is 0 Å². The van der Waals surface area contributed by atoms with Crippen molar-refractivity contribution in [1.29, 1.82) is 0 Å². The van der Waals surface area contributed by atoms with E-state index in [-0.39, 0.29) is 23.1 Å². The number of hydrogen-bond donors (Lipinski definition) is 1. The molecule has 0 unspecified atom stereocenters. The molecule has 1 fully saturated rings. The van der Waals surface area contributed by atoms with Crippen molar-refractivity contribution in [2.45, 2.75) is 11.8 Å². The number of nitrogens with zero attached hydrogens (tertiary/aromatic N) is 1. The van der Waals surface area contributed by atoms with Gasteiger partial charge in [0, 0.05) is 11.0 Å². The molecule has 0 radical (unpaired) electrons. The first-order valence-corrected chi connectivity index (χ1v) is 8.90. The zero-order chi connectivity index (χ0) is 18.7. The van der Waals surface area contributed by atoms with Crippen molar-refractivity contribution in [1.82, 2.24) is 5.43 Å². The Kier molecular flexibility index (Phi) is 4.55. The summed E-state index contributed by atoms with van der Waals surface area (Å²) in [7, 11) is 0. The van der Waals surface area contributed by atoms with Crippen LogP contribution in [0.2, 0.25) is 0 Å². The molecular formula is C23H19FN2O. The fraction of sp³-hybridized carbons (Fsp3) is 0.130. The summed E-state index contributed by atoms with van der Waals surface area (Å²) in [6.07, 6.45) is 2.06. The third-order valence-corrected chi connectivity index (χ3v) is 5.14. The van der Waals surface area contributed by atoms with Gasteiger partial charge in [-0.25, -0.2) is 9.82 Å². The van der Waals surface area contributed by atoms with E-state index in [4.69, 9.17) is 0 Å². The van der Waals surface area contributed by atoms with Crippen LogP contribution in [0.4, 0.5) is 4.39 Å². The van der Waals surface area contributed by atoms with E-state index in [1.165, 1.54) is 12.3 Å². The summed E-state index contributed by atoms with van der Waals surface area (Å²) in [5.41, 5.74) is 4.82. The fourth-order valence-corrected chi connectivity index (χ4v) is 3.68. The maximum absolute atomic E-state index is 13.6. The molecule has 1 aliphatic carbocycles. The molecule has 0 saturated heterocycles. The summed E-state index contributed by atoms with van der Waals surface area (Å²) >= 11 is 0. The fourth-order valence-electron chi connectivity index (χ4n) is 3.68. The maximum atomic E-state index is 13.6. The predicted molar refractivity (Wildman–Crippen MR) is 104 cm³/mol. The molecule has 0 spiro atoms. The van der Waals surface area contributed by atoms with Crippen LogP contribution in [0.1, 0.15) is 23.1 Å². The van der Waals surface area contributed by atoms with Gasteiger partial charge in [0.2, 0.25) is 5.91 Å². The molecule has 134 valence electrons. The number of rotatable bonds is 5. The molecule has 0 bridgehead atoms. The number of hydrazone groups is 1. The van der Waals surface area contributed by atoms with Gasteiger partial charge in [-0.2, -0.15) is 5.10 Å². The van der Waals surface area contributed by atoms with Crippen LogP contribution in [-0.2, 0) is 10.2 Å². The van der Waals surface area contributed by atoms with Crippen LogP contribution >= 0.6 is 0 Å². The van der Waals surface area contributed by atoms with Crippen LogP contribution < -0.4 is 5.43 Å². The summed E-state index contributed by atoms with van der Waals surface area (Å²) in [6.45, 7) is 0. The highest BCUT2D eigenvalue weighted by Gasteiger charge is 2.60. The Hall–Kier alpha value is -3.27. The van der Waals surface area contributed by atoms with Crippen LogP contribution in [-0.4, -0.2) is 12.1 Å². The zero-order valence-electron chi connectivity index (χ0n) is 14.7. The molecule has 0 aliphatic heterocycles. The Morgan fingerprint density at radius 1 is 0.926 bits per heavy atom. The Balaban J connectivity index is 1.55. The van der Waals surface area contributed by atoms with Gasteiger partial charge in [-0.15, -0.1) is 0 Å². The van der Waals surface area contributed by atoms with Crippen LogP contribution in [0, 0.1) is 11.7 Å². The van der Waals surface area contributed by atoms with E-state index in [1.54, 1.807) is 18.2 Å². The quantitative estimate of drug-likeness (QED) is 0.537. The van der Waals surface area contributed by atoms with Crippen molar-refractivity contribution in [2.75, 3.05) is 0 Å². The smallest absolute Gasteiger partial charge is 0.244 e. The Labute approximate surface area is 157 Å². The normalized spacial score (nSPS) is 17.6. The Bertz CT molecular complexity index is 930. The number of halogens is 1. The van der Waals surface area contributed by atoms with E-state index in [2.05, 4.69) is 34.8 Å². The van der Waals surface area contributed by atoms with Gasteiger partial charge in [0.15, 0.2) is 0 Å². The van der Waals surface area contributed by atoms with Crippen molar-refractivity contribution >= 4 is 12.1 Å². The van der Waals surface area contributed by atoms with Crippen molar-refractivity contribution in [2.24, 2.45) is 11.0 Å². The van der Waals surface area contributed by atoms with Crippen molar-refractivity contribution in [3.05, 3.63) is 107 Å². The van der Waals surface area contributed by atoms with Gasteiger partial charge >= 0.3 is 0 Å². The van der Waals surface area contributed by atoms with Crippen LogP contribution in [0.25, 0.3) is 0 Å². The van der Waals surface area contributed by atoms with Crippen molar-refractivity contribution < 1.29 is 9.18 Å². The average molecular weight is 358 g/mol. The standard InChI is InChI=1S/C23H19FN2O/c24-21-14-8-7-9-17(21)16-25-26-22(27)20-15-23(20,18-10-3-1-4-11-18)19-12-5-2-6-13-19/h1-14,16,20H,15H2,(H,26,27)/t20-/m1/s1. The largest absolute Gasteiger partial charge is 0.273 e. The SMILES string of the molecule is O=C(NN=Cc1ccccc1F)[C@H]1CC1(c1ccccc1)c1ccccc1. The first kappa shape index (κ1) is 17.2. The lowest BCUT2D eigenvalue weighted by Gasteiger charge is -2.18. The Morgan fingerprint density at radius 2 is 1.48 bits per heavy atom. The van der Waals surface area contributed by atoms with E-state index >= 15 is 0 Å². The molecule has 3 aromatic rings. The van der Waals surface area contributed by atoms with Crippen LogP contribution in [0.3, 0.4) is 0 Å². The van der Waals surface area contributed by atoms with Gasteiger partial charge in [-0.3, -0.25) is 4.79 Å². The molecule has 1 atom stereocenters. The molecule has 3 nitrogen and oxygen atoms in total. The molecule has 1 amide bonds. The minimum absolute atomic E-state index is 0.157. The third-order valence-electron chi connectivity index (χ3n) is 5.14. The van der Waals surface area contributed by atoms with E-state index in [0.29, 0.717) is 5.56 Å². The number of carbonyl (C=O) groups excluding carboxylic acids is 1. The molecule has 27 heavy (non-hydrogen) atoms. The molecule has 0 aromatic heterocycles. The maximum Gasteiger partial charge on any atom is 0.244 e. The number of nitrogens with one attached hydrogen (secondary N) is 1. The summed E-state index contributed by atoms with van der Waals surface area (Å²) in [4.78, 5) is 12.7. The molecular weight excluding hydrogens is 339 g/mol. The molecule has 1 N–H and O–H groups in total. The van der Waals surface area contributed by atoms with Crippen LogP contribution in [0.15, 0.2) is 90.0 Å². The monoisotopic (exact) mass is 358 g/mol. The lowest BCUT2D eigenvalue weighted by molar-refractivity contribution is -0.122. The van der Waals surface area contributed by atoms with E-state index < -0.39 is 0 Å². The number of amides is 1. The second kappa shape index (κ2) is 7.16. The van der Waals surface area contributed by atoms with E-state index in [1.807, 2.05) is 36.4 Å². The lowest BCUT2D eigenvalue weighted by atomic mass is 9.85. The lowest BCUT2D eigenvalue weighted by Crippen LogP contribution is -2.25. The summed E-state index contributed by atoms with van der Waals surface area (Å²) in [5.74, 6) is -0.736. The Morgan fingerprint density at radius 3 is 2.07 bits per heavy atom. The highest BCUT2D eigenvalue weighted by molar-refractivity contribution is 5.87. The number of benzene rings is 3. The van der Waals surface area contributed by atoms with Gasteiger partial charge in [-0.05, 0) is 23.6 Å². The highest BCUT2D eigenvalue weighted by Crippen LogP contribution is 2.58. The molecule has 4 heteroatoms. The number of hydrogen-bond acceptors (Lipinski definition) is 2. The summed E-state index contributed by atoms with van der Waals surface area (Å²) in [5, 5.41) is 3.95. The van der Waals surface area contributed by atoms with E-state index in [0.717, 1.165) is 17.5 Å². The highest BCUT2D eigenvalue weighted by atomic mass is 19.1. The third kappa shape index (κ3) is 3.26. The summed E-state index contributed by atoms with van der Waals surface area (Å²) in [6, 6.07) is 26.4. The first-order valence-electron chi connectivity index (χ1n) is 8.90. The second-order valence-corrected chi connectivity index (χ2v) is 6.72. The molecule has 3 aromatic carbocycles. The molecule has 1 aliphatic rings. The zero-order valence-corrected chi connectivity index (χ0v) is 14.7. The van der Waals surface area contributed by atoms with Gasteiger partial charge < -0.3 is 0 Å². The van der Waals surface area contributed by atoms with Gasteiger partial charge in [-0.1, -0.05) is 78.9 Å².